The molecular weight excluding hydrogens is 331 g/mol. The van der Waals surface area contributed by atoms with Crippen molar-refractivity contribution in [2.45, 2.75) is 31.5 Å². The molecule has 9 heteroatoms. The van der Waals surface area contributed by atoms with Crippen LogP contribution in [-0.2, 0) is 16.0 Å². The number of carboxylic acid groups (broad SMARTS) is 1. The van der Waals surface area contributed by atoms with Gasteiger partial charge in [0.2, 0.25) is 5.91 Å². The summed E-state index contributed by atoms with van der Waals surface area (Å²) in [6.45, 7) is 0. The molecule has 0 aliphatic rings. The molecule has 0 saturated heterocycles. The van der Waals surface area contributed by atoms with E-state index in [0.717, 1.165) is 0 Å². The first kappa shape index (κ1) is 19.6. The maximum absolute atomic E-state index is 12.3. The summed E-state index contributed by atoms with van der Waals surface area (Å²) >= 11 is 0. The molecule has 6 nitrogen and oxygen atoms in total. The predicted molar refractivity (Wildman–Crippen MR) is 78.1 cm³/mol. The van der Waals surface area contributed by atoms with Gasteiger partial charge in [-0.1, -0.05) is 0 Å². The van der Waals surface area contributed by atoms with Gasteiger partial charge in [-0.2, -0.15) is 13.2 Å². The average Bonchev–Trinajstić information content (AvgIpc) is 2.50. The van der Waals surface area contributed by atoms with Crippen LogP contribution in [0.5, 0.6) is 11.5 Å². The summed E-state index contributed by atoms with van der Waals surface area (Å²) in [5, 5.41) is 10.6. The highest BCUT2D eigenvalue weighted by atomic mass is 19.4. The van der Waals surface area contributed by atoms with Crippen molar-refractivity contribution in [2.24, 2.45) is 0 Å². The Morgan fingerprint density at radius 2 is 1.92 bits per heavy atom. The summed E-state index contributed by atoms with van der Waals surface area (Å²) in [5.74, 6) is -1.50. The monoisotopic (exact) mass is 349 g/mol. The van der Waals surface area contributed by atoms with Crippen molar-refractivity contribution in [3.63, 3.8) is 0 Å². The fraction of sp³-hybridized carbons (Fsp3) is 0.467. The molecule has 1 atom stereocenters. The fourth-order valence-corrected chi connectivity index (χ4v) is 2.02. The number of rotatable bonds is 8. The van der Waals surface area contributed by atoms with Gasteiger partial charge in [0.15, 0.2) is 0 Å². The van der Waals surface area contributed by atoms with Gasteiger partial charge in [-0.25, -0.2) is 4.79 Å². The summed E-state index contributed by atoms with van der Waals surface area (Å²) in [5.41, 5.74) is 0.620. The number of aliphatic carboxylic acids is 1. The molecule has 1 aromatic rings. The van der Waals surface area contributed by atoms with Crippen LogP contribution in [0.25, 0.3) is 0 Å². The van der Waals surface area contributed by atoms with Crippen molar-refractivity contribution in [1.29, 1.82) is 0 Å². The summed E-state index contributed by atoms with van der Waals surface area (Å²) < 4.78 is 47.1. The number of aryl methyl sites for hydroxylation is 1. The minimum Gasteiger partial charge on any atom is -0.497 e. The van der Waals surface area contributed by atoms with Crippen molar-refractivity contribution in [2.75, 3.05) is 14.2 Å². The highest BCUT2D eigenvalue weighted by Crippen LogP contribution is 2.25. The number of benzene rings is 1. The first-order valence-electron chi connectivity index (χ1n) is 6.96. The first-order valence-corrected chi connectivity index (χ1v) is 6.96. The van der Waals surface area contributed by atoms with Crippen molar-refractivity contribution >= 4 is 11.9 Å². The van der Waals surface area contributed by atoms with E-state index in [4.69, 9.17) is 14.6 Å². The van der Waals surface area contributed by atoms with E-state index in [1.54, 1.807) is 18.2 Å². The van der Waals surface area contributed by atoms with Gasteiger partial charge in [-0.3, -0.25) is 4.79 Å². The van der Waals surface area contributed by atoms with Crippen molar-refractivity contribution in [1.82, 2.24) is 5.32 Å². The molecule has 24 heavy (non-hydrogen) atoms. The number of carboxylic acids is 1. The highest BCUT2D eigenvalue weighted by Gasteiger charge is 2.36. The van der Waals surface area contributed by atoms with Gasteiger partial charge in [0, 0.05) is 6.42 Å². The summed E-state index contributed by atoms with van der Waals surface area (Å²) in [6, 6.07) is 2.92. The second kappa shape index (κ2) is 8.42. The van der Waals surface area contributed by atoms with E-state index in [0.29, 0.717) is 17.1 Å². The van der Waals surface area contributed by atoms with E-state index in [2.05, 4.69) is 0 Å². The maximum Gasteiger partial charge on any atom is 0.391 e. The lowest BCUT2D eigenvalue weighted by Crippen LogP contribution is -2.43. The van der Waals surface area contributed by atoms with Gasteiger partial charge < -0.3 is 19.9 Å². The molecule has 0 aliphatic carbocycles. The van der Waals surface area contributed by atoms with Gasteiger partial charge in [0.05, 0.1) is 20.6 Å². The molecule has 0 radical (unpaired) electrons. The van der Waals surface area contributed by atoms with Crippen LogP contribution < -0.4 is 14.8 Å². The van der Waals surface area contributed by atoms with Crippen molar-refractivity contribution < 1.29 is 37.3 Å². The minimum atomic E-state index is -4.69. The van der Waals surface area contributed by atoms with E-state index < -0.39 is 30.5 Å². The van der Waals surface area contributed by atoms with E-state index >= 15 is 0 Å². The molecule has 2 N–H and O–H groups in total. The van der Waals surface area contributed by atoms with Gasteiger partial charge in [0.25, 0.3) is 0 Å². The van der Waals surface area contributed by atoms with Crippen LogP contribution in [0.4, 0.5) is 13.2 Å². The van der Waals surface area contributed by atoms with Crippen LogP contribution in [0.1, 0.15) is 18.4 Å². The number of alkyl halides is 3. The van der Waals surface area contributed by atoms with Gasteiger partial charge >= 0.3 is 12.1 Å². The van der Waals surface area contributed by atoms with Crippen LogP contribution in [0.15, 0.2) is 18.2 Å². The zero-order chi connectivity index (χ0) is 18.3. The molecule has 1 unspecified atom stereocenters. The lowest BCUT2D eigenvalue weighted by Gasteiger charge is -2.16. The Labute approximate surface area is 136 Å². The van der Waals surface area contributed by atoms with Crippen LogP contribution in [-0.4, -0.2) is 43.4 Å². The molecule has 1 rings (SSSR count). The molecule has 0 heterocycles. The Kier molecular flexibility index (Phi) is 6.87. The number of amides is 1. The summed E-state index contributed by atoms with van der Waals surface area (Å²) in [4.78, 5) is 22.6. The lowest BCUT2D eigenvalue weighted by molar-refractivity contribution is -0.160. The van der Waals surface area contributed by atoms with Crippen LogP contribution in [0.2, 0.25) is 0 Å². The van der Waals surface area contributed by atoms with E-state index in [1.165, 1.54) is 14.2 Å². The fourth-order valence-electron chi connectivity index (χ4n) is 2.02. The third-order valence-corrected chi connectivity index (χ3v) is 3.18. The molecule has 0 bridgehead atoms. The number of carbonyl (C=O) groups is 2. The first-order chi connectivity index (χ1) is 11.2. The van der Waals surface area contributed by atoms with E-state index in [-0.39, 0.29) is 12.8 Å². The quantitative estimate of drug-likeness (QED) is 0.751. The molecule has 0 aliphatic heterocycles. The Balaban J connectivity index is 2.69. The molecule has 0 saturated carbocycles. The number of hydrogen-bond acceptors (Lipinski definition) is 4. The SMILES string of the molecule is COc1ccc(OC)c(CCC(=O)NC(CC(F)(F)F)C(=O)O)c1. The maximum atomic E-state index is 12.3. The molecular formula is C15H18F3NO5. The zero-order valence-electron chi connectivity index (χ0n) is 13.1. The molecule has 0 fully saturated rings. The van der Waals surface area contributed by atoms with E-state index in [1.807, 2.05) is 5.32 Å². The molecule has 1 aromatic carbocycles. The second-order valence-electron chi connectivity index (χ2n) is 4.96. The topological polar surface area (TPSA) is 84.9 Å². The van der Waals surface area contributed by atoms with Gasteiger partial charge in [0.1, 0.15) is 17.5 Å². The largest absolute Gasteiger partial charge is 0.497 e. The third-order valence-electron chi connectivity index (χ3n) is 3.18. The van der Waals surface area contributed by atoms with Crippen LogP contribution >= 0.6 is 0 Å². The minimum absolute atomic E-state index is 0.157. The molecule has 134 valence electrons. The Bertz CT molecular complexity index is 589. The number of carbonyl (C=O) groups excluding carboxylic acids is 1. The average molecular weight is 349 g/mol. The Morgan fingerprint density at radius 3 is 2.42 bits per heavy atom. The summed E-state index contributed by atoms with van der Waals surface area (Å²) in [6.07, 6.45) is -6.35. The van der Waals surface area contributed by atoms with Crippen molar-refractivity contribution in [3.05, 3.63) is 23.8 Å². The number of hydrogen-bond donors (Lipinski definition) is 2. The van der Waals surface area contributed by atoms with Crippen LogP contribution in [0, 0.1) is 0 Å². The zero-order valence-corrected chi connectivity index (χ0v) is 13.1. The lowest BCUT2D eigenvalue weighted by atomic mass is 10.1. The van der Waals surface area contributed by atoms with Crippen molar-refractivity contribution in [3.8, 4) is 11.5 Å². The summed E-state index contributed by atoms with van der Waals surface area (Å²) in [7, 11) is 2.90. The molecule has 1 amide bonds. The number of methoxy groups -OCH3 is 2. The van der Waals surface area contributed by atoms with Gasteiger partial charge in [-0.15, -0.1) is 0 Å². The number of nitrogens with one attached hydrogen (secondary N) is 1. The van der Waals surface area contributed by atoms with Gasteiger partial charge in [-0.05, 0) is 30.2 Å². The molecule has 0 spiro atoms. The number of ether oxygens (including phenoxy) is 2. The Hall–Kier alpha value is -2.45. The third kappa shape index (κ3) is 6.35. The highest BCUT2D eigenvalue weighted by molar-refractivity contribution is 5.83. The number of halogens is 3. The standard InChI is InChI=1S/C15H18F3NO5/c1-23-10-4-5-12(24-2)9(7-10)3-6-13(20)19-11(14(21)22)8-15(16,17)18/h4-5,7,11H,3,6,8H2,1-2H3,(H,19,20)(H,21,22). The van der Waals surface area contributed by atoms with Crippen LogP contribution in [0.3, 0.4) is 0 Å². The smallest absolute Gasteiger partial charge is 0.391 e. The van der Waals surface area contributed by atoms with E-state index in [9.17, 15) is 22.8 Å². The predicted octanol–water partition coefficient (Wildman–Crippen LogP) is 2.16. The molecule has 0 aromatic heterocycles. The normalized spacial score (nSPS) is 12.4. The Morgan fingerprint density at radius 1 is 1.25 bits per heavy atom. The second-order valence-corrected chi connectivity index (χ2v) is 4.96.